The minimum atomic E-state index is -0.808. The van der Waals surface area contributed by atoms with Gasteiger partial charge in [-0.2, -0.15) is 0 Å². The average Bonchev–Trinajstić information content (AvgIpc) is 2.81. The molecule has 4 heteroatoms. The van der Waals surface area contributed by atoms with E-state index in [-0.39, 0.29) is 18.4 Å². The average molecular weight is 289 g/mol. The number of hydrogen-bond acceptors (Lipinski definition) is 3. The first kappa shape index (κ1) is 14.4. The van der Waals surface area contributed by atoms with E-state index in [4.69, 9.17) is 4.74 Å². The predicted molar refractivity (Wildman–Crippen MR) is 80.2 cm³/mol. The lowest BCUT2D eigenvalue weighted by Crippen LogP contribution is -2.39. The van der Waals surface area contributed by atoms with Gasteiger partial charge in [0.2, 0.25) is 5.91 Å². The van der Waals surface area contributed by atoms with Gasteiger partial charge in [0.1, 0.15) is 12.4 Å². The molecule has 1 atom stereocenters. The zero-order chi connectivity index (χ0) is 14.9. The van der Waals surface area contributed by atoms with E-state index in [1.165, 1.54) is 0 Å². The van der Waals surface area contributed by atoms with Crippen LogP contribution in [-0.2, 0) is 4.79 Å². The summed E-state index contributed by atoms with van der Waals surface area (Å²) in [5, 5.41) is 13.5. The number of carbonyl (C=O) groups excluding carboxylic acids is 1. The molecule has 2 N–H and O–H groups in total. The van der Waals surface area contributed by atoms with Gasteiger partial charge in [-0.1, -0.05) is 37.0 Å². The van der Waals surface area contributed by atoms with E-state index in [0.717, 1.165) is 49.0 Å². The molecule has 0 spiro atoms. The predicted octanol–water partition coefficient (Wildman–Crippen LogP) is 2.63. The molecule has 114 valence electrons. The number of rotatable bonds is 3. The first-order valence-corrected chi connectivity index (χ1v) is 7.81. The van der Waals surface area contributed by atoms with Gasteiger partial charge in [-0.3, -0.25) is 4.79 Å². The molecular formula is C17H23NO3. The number of nitrogens with one attached hydrogen (secondary N) is 1. The van der Waals surface area contributed by atoms with Crippen molar-refractivity contribution in [3.05, 3.63) is 29.3 Å². The van der Waals surface area contributed by atoms with Gasteiger partial charge in [0, 0.05) is 5.56 Å². The molecule has 1 amide bonds. The summed E-state index contributed by atoms with van der Waals surface area (Å²) in [5.41, 5.74) is 1.39. The summed E-state index contributed by atoms with van der Waals surface area (Å²) in [6.45, 7) is 2.51. The Morgan fingerprint density at radius 3 is 2.90 bits per heavy atom. The second kappa shape index (κ2) is 5.68. The van der Waals surface area contributed by atoms with Crippen molar-refractivity contribution in [2.45, 2.75) is 57.1 Å². The summed E-state index contributed by atoms with van der Waals surface area (Å²) in [6.07, 6.45) is 4.85. The minimum Gasteiger partial charge on any atom is -0.491 e. The Morgan fingerprint density at radius 2 is 2.14 bits per heavy atom. The lowest BCUT2D eigenvalue weighted by molar-refractivity contribution is -0.128. The van der Waals surface area contributed by atoms with Crippen molar-refractivity contribution in [3.8, 4) is 5.75 Å². The van der Waals surface area contributed by atoms with Crippen LogP contribution in [0.15, 0.2) is 18.2 Å². The fourth-order valence-corrected chi connectivity index (χ4v) is 3.38. The second-order valence-corrected chi connectivity index (χ2v) is 6.43. The summed E-state index contributed by atoms with van der Waals surface area (Å²) in [5.74, 6) is 0.768. The van der Waals surface area contributed by atoms with Crippen molar-refractivity contribution in [1.29, 1.82) is 0 Å². The van der Waals surface area contributed by atoms with Gasteiger partial charge in [-0.25, -0.2) is 0 Å². The van der Waals surface area contributed by atoms with Crippen LogP contribution in [0.4, 0.5) is 0 Å². The van der Waals surface area contributed by atoms with Crippen LogP contribution in [0.5, 0.6) is 5.75 Å². The lowest BCUT2D eigenvalue weighted by atomic mass is 9.82. The maximum Gasteiger partial charge on any atom is 0.223 e. The summed E-state index contributed by atoms with van der Waals surface area (Å²) in [4.78, 5) is 12.2. The summed E-state index contributed by atoms with van der Waals surface area (Å²) in [6, 6.07) is 5.92. The first-order chi connectivity index (χ1) is 10.1. The molecule has 1 unspecified atom stereocenters. The highest BCUT2D eigenvalue weighted by atomic mass is 16.5. The molecule has 1 saturated carbocycles. The number of ether oxygens (including phenoxy) is 1. The van der Waals surface area contributed by atoms with Gasteiger partial charge in [0.05, 0.1) is 18.1 Å². The molecule has 2 aliphatic rings. The highest BCUT2D eigenvalue weighted by Gasteiger charge is 2.33. The van der Waals surface area contributed by atoms with Crippen LogP contribution in [-0.4, -0.2) is 23.2 Å². The standard InChI is InChI=1S/C17H23NO3/c1-12-5-6-15-13(9-12)14(11-21-15)18-16(19)10-17(20)7-3-2-4-8-17/h5-6,9,14,20H,2-4,7-8,10-11H2,1H3,(H,18,19). The van der Waals surface area contributed by atoms with Gasteiger partial charge in [-0.05, 0) is 25.8 Å². The number of carbonyl (C=O) groups is 1. The molecule has 1 fully saturated rings. The quantitative estimate of drug-likeness (QED) is 0.899. The molecule has 1 aliphatic carbocycles. The third kappa shape index (κ3) is 3.21. The molecule has 4 nitrogen and oxygen atoms in total. The van der Waals surface area contributed by atoms with Crippen LogP contribution in [0.2, 0.25) is 0 Å². The largest absolute Gasteiger partial charge is 0.491 e. The van der Waals surface area contributed by atoms with E-state index in [2.05, 4.69) is 11.4 Å². The topological polar surface area (TPSA) is 58.6 Å². The molecule has 1 heterocycles. The van der Waals surface area contributed by atoms with E-state index in [9.17, 15) is 9.90 Å². The lowest BCUT2D eigenvalue weighted by Gasteiger charge is -2.31. The van der Waals surface area contributed by atoms with Crippen LogP contribution in [0, 0.1) is 6.92 Å². The highest BCUT2D eigenvalue weighted by Crippen LogP contribution is 2.34. The van der Waals surface area contributed by atoms with E-state index >= 15 is 0 Å². The van der Waals surface area contributed by atoms with E-state index in [0.29, 0.717) is 6.61 Å². The van der Waals surface area contributed by atoms with E-state index in [1.54, 1.807) is 0 Å². The number of fused-ring (bicyclic) bond motifs is 1. The Kier molecular flexibility index (Phi) is 3.89. The fourth-order valence-electron chi connectivity index (χ4n) is 3.38. The maximum absolute atomic E-state index is 12.2. The van der Waals surface area contributed by atoms with Crippen LogP contribution < -0.4 is 10.1 Å². The minimum absolute atomic E-state index is 0.0812. The van der Waals surface area contributed by atoms with Gasteiger partial charge < -0.3 is 15.2 Å². The molecule has 1 aliphatic heterocycles. The van der Waals surface area contributed by atoms with Crippen molar-refractivity contribution in [2.24, 2.45) is 0 Å². The Morgan fingerprint density at radius 1 is 1.38 bits per heavy atom. The Bertz CT molecular complexity index is 535. The van der Waals surface area contributed by atoms with Crippen molar-refractivity contribution in [1.82, 2.24) is 5.32 Å². The Hall–Kier alpha value is -1.55. The normalized spacial score (nSPS) is 23.2. The third-order valence-corrected chi connectivity index (χ3v) is 4.56. The van der Waals surface area contributed by atoms with Crippen LogP contribution in [0.1, 0.15) is 55.7 Å². The van der Waals surface area contributed by atoms with Crippen LogP contribution in [0.3, 0.4) is 0 Å². The summed E-state index contributed by atoms with van der Waals surface area (Å²) >= 11 is 0. The first-order valence-electron chi connectivity index (χ1n) is 7.81. The molecule has 0 aromatic heterocycles. The number of benzene rings is 1. The zero-order valence-corrected chi connectivity index (χ0v) is 12.5. The van der Waals surface area contributed by atoms with Crippen molar-refractivity contribution < 1.29 is 14.6 Å². The van der Waals surface area contributed by atoms with Crippen LogP contribution in [0.25, 0.3) is 0 Å². The number of hydrogen-bond donors (Lipinski definition) is 2. The Balaban J connectivity index is 1.63. The highest BCUT2D eigenvalue weighted by molar-refractivity contribution is 5.78. The molecule has 0 radical (unpaired) electrons. The van der Waals surface area contributed by atoms with Crippen LogP contribution >= 0.6 is 0 Å². The van der Waals surface area contributed by atoms with Gasteiger partial charge in [0.15, 0.2) is 0 Å². The van der Waals surface area contributed by atoms with E-state index in [1.807, 2.05) is 19.1 Å². The molecular weight excluding hydrogens is 266 g/mol. The van der Waals surface area contributed by atoms with Crippen molar-refractivity contribution in [3.63, 3.8) is 0 Å². The SMILES string of the molecule is Cc1ccc2c(c1)C(NC(=O)CC1(O)CCCCC1)CO2. The van der Waals surface area contributed by atoms with Gasteiger partial charge >= 0.3 is 0 Å². The maximum atomic E-state index is 12.2. The molecule has 3 rings (SSSR count). The number of amides is 1. The second-order valence-electron chi connectivity index (χ2n) is 6.43. The smallest absolute Gasteiger partial charge is 0.223 e. The number of aliphatic hydroxyl groups is 1. The van der Waals surface area contributed by atoms with Gasteiger partial charge in [0.25, 0.3) is 0 Å². The van der Waals surface area contributed by atoms with Crippen molar-refractivity contribution >= 4 is 5.91 Å². The van der Waals surface area contributed by atoms with Gasteiger partial charge in [-0.15, -0.1) is 0 Å². The Labute approximate surface area is 125 Å². The molecule has 1 aromatic carbocycles. The summed E-state index contributed by atoms with van der Waals surface area (Å²) < 4.78 is 5.60. The number of aryl methyl sites for hydroxylation is 1. The van der Waals surface area contributed by atoms with Crippen molar-refractivity contribution in [2.75, 3.05) is 6.61 Å². The fraction of sp³-hybridized carbons (Fsp3) is 0.588. The molecule has 1 aromatic rings. The monoisotopic (exact) mass is 289 g/mol. The van der Waals surface area contributed by atoms with E-state index < -0.39 is 5.60 Å². The zero-order valence-electron chi connectivity index (χ0n) is 12.5. The molecule has 0 saturated heterocycles. The third-order valence-electron chi connectivity index (χ3n) is 4.56. The molecule has 0 bridgehead atoms. The molecule has 21 heavy (non-hydrogen) atoms. The summed E-state index contributed by atoms with van der Waals surface area (Å²) in [7, 11) is 0.